The molecule has 2 aromatic rings. The standard InChI is InChI=1S/C14H19N3S/c15-9-8-12-14(18-11-5-1-2-6-11)16-13-7-3-4-10-17(12)13/h3-4,7,10-11H,1-2,5-6,8-9,15H2. The van der Waals surface area contributed by atoms with Gasteiger partial charge in [0.2, 0.25) is 0 Å². The third-order valence-corrected chi connectivity index (χ3v) is 4.91. The summed E-state index contributed by atoms with van der Waals surface area (Å²) in [6, 6.07) is 6.16. The van der Waals surface area contributed by atoms with Gasteiger partial charge in [-0.2, -0.15) is 0 Å². The van der Waals surface area contributed by atoms with E-state index in [-0.39, 0.29) is 0 Å². The van der Waals surface area contributed by atoms with E-state index in [1.807, 2.05) is 17.8 Å². The highest BCUT2D eigenvalue weighted by Gasteiger charge is 2.20. The van der Waals surface area contributed by atoms with Crippen molar-refractivity contribution in [1.82, 2.24) is 9.38 Å². The summed E-state index contributed by atoms with van der Waals surface area (Å²) in [6.07, 6.45) is 8.40. The van der Waals surface area contributed by atoms with Gasteiger partial charge in [-0.25, -0.2) is 4.98 Å². The Kier molecular flexibility index (Phi) is 3.57. The number of hydrogen-bond acceptors (Lipinski definition) is 3. The first-order chi connectivity index (χ1) is 8.88. The number of hydrogen-bond donors (Lipinski definition) is 1. The number of aromatic nitrogens is 2. The highest BCUT2D eigenvalue weighted by molar-refractivity contribution is 7.99. The first-order valence-corrected chi connectivity index (χ1v) is 7.59. The number of nitrogens with zero attached hydrogens (tertiary/aromatic N) is 2. The van der Waals surface area contributed by atoms with Crippen LogP contribution in [0, 0.1) is 0 Å². The third kappa shape index (κ3) is 2.27. The fourth-order valence-corrected chi connectivity index (χ4v) is 4.02. The predicted octanol–water partition coefficient (Wildman–Crippen LogP) is 2.87. The monoisotopic (exact) mass is 261 g/mol. The summed E-state index contributed by atoms with van der Waals surface area (Å²) < 4.78 is 2.18. The van der Waals surface area contributed by atoms with Gasteiger partial charge in [-0.05, 0) is 31.5 Å². The van der Waals surface area contributed by atoms with E-state index >= 15 is 0 Å². The Balaban J connectivity index is 1.95. The minimum atomic E-state index is 0.681. The van der Waals surface area contributed by atoms with E-state index in [4.69, 9.17) is 10.7 Å². The molecule has 2 aromatic heterocycles. The molecule has 2 heterocycles. The molecule has 0 spiro atoms. The lowest BCUT2D eigenvalue weighted by molar-refractivity contribution is 0.865. The highest BCUT2D eigenvalue weighted by Crippen LogP contribution is 2.36. The zero-order valence-electron chi connectivity index (χ0n) is 10.5. The van der Waals surface area contributed by atoms with Crippen molar-refractivity contribution in [2.75, 3.05) is 6.54 Å². The second-order valence-electron chi connectivity index (χ2n) is 4.86. The molecule has 96 valence electrons. The van der Waals surface area contributed by atoms with Gasteiger partial charge in [0.05, 0.1) is 5.69 Å². The summed E-state index contributed by atoms with van der Waals surface area (Å²) in [5.74, 6) is 0. The Morgan fingerprint density at radius 1 is 1.33 bits per heavy atom. The quantitative estimate of drug-likeness (QED) is 0.920. The molecule has 1 fully saturated rings. The second-order valence-corrected chi connectivity index (χ2v) is 6.14. The van der Waals surface area contributed by atoms with Gasteiger partial charge >= 0.3 is 0 Å². The van der Waals surface area contributed by atoms with Gasteiger partial charge in [0.15, 0.2) is 0 Å². The normalized spacial score (nSPS) is 16.7. The van der Waals surface area contributed by atoms with Crippen molar-refractivity contribution in [3.05, 3.63) is 30.1 Å². The summed E-state index contributed by atoms with van der Waals surface area (Å²) in [5.41, 5.74) is 8.06. The molecular weight excluding hydrogens is 242 g/mol. The van der Waals surface area contributed by atoms with Crippen molar-refractivity contribution in [1.29, 1.82) is 0 Å². The molecule has 0 aliphatic heterocycles. The molecule has 0 atom stereocenters. The molecule has 0 bridgehead atoms. The summed E-state index contributed by atoms with van der Waals surface area (Å²) >= 11 is 1.96. The lowest BCUT2D eigenvalue weighted by Gasteiger charge is -2.08. The van der Waals surface area contributed by atoms with E-state index in [1.54, 1.807) is 0 Å². The van der Waals surface area contributed by atoms with Crippen LogP contribution in [0.3, 0.4) is 0 Å². The molecule has 3 rings (SSSR count). The van der Waals surface area contributed by atoms with E-state index in [0.717, 1.165) is 17.3 Å². The molecule has 3 nitrogen and oxygen atoms in total. The maximum Gasteiger partial charge on any atom is 0.138 e. The zero-order chi connectivity index (χ0) is 12.4. The number of imidazole rings is 1. The van der Waals surface area contributed by atoms with E-state index in [0.29, 0.717) is 6.54 Å². The van der Waals surface area contributed by atoms with Crippen LogP contribution in [0.4, 0.5) is 0 Å². The van der Waals surface area contributed by atoms with Gasteiger partial charge < -0.3 is 10.1 Å². The number of fused-ring (bicyclic) bond motifs is 1. The molecule has 0 saturated heterocycles. The number of pyridine rings is 1. The first kappa shape index (κ1) is 12.1. The number of nitrogens with two attached hydrogens (primary N) is 1. The molecule has 1 aliphatic carbocycles. The highest BCUT2D eigenvalue weighted by atomic mass is 32.2. The summed E-state index contributed by atoms with van der Waals surface area (Å²) in [7, 11) is 0. The third-order valence-electron chi connectivity index (χ3n) is 3.55. The number of rotatable bonds is 4. The van der Waals surface area contributed by atoms with Crippen LogP contribution in [0.2, 0.25) is 0 Å². The van der Waals surface area contributed by atoms with Gasteiger partial charge in [-0.15, -0.1) is 11.8 Å². The van der Waals surface area contributed by atoms with E-state index < -0.39 is 0 Å². The smallest absolute Gasteiger partial charge is 0.138 e. The van der Waals surface area contributed by atoms with Crippen LogP contribution in [0.1, 0.15) is 31.4 Å². The van der Waals surface area contributed by atoms with Crippen molar-refractivity contribution in [3.63, 3.8) is 0 Å². The molecule has 0 amide bonds. The van der Waals surface area contributed by atoms with Crippen molar-refractivity contribution < 1.29 is 0 Å². The number of thioether (sulfide) groups is 1. The van der Waals surface area contributed by atoms with Crippen molar-refractivity contribution in [2.45, 2.75) is 42.4 Å². The van der Waals surface area contributed by atoms with Gasteiger partial charge in [-0.1, -0.05) is 18.9 Å². The summed E-state index contributed by atoms with van der Waals surface area (Å²) in [6.45, 7) is 0.681. The van der Waals surface area contributed by atoms with Crippen molar-refractivity contribution in [2.24, 2.45) is 5.73 Å². The molecule has 0 unspecified atom stereocenters. The Bertz CT molecular complexity index is 529. The van der Waals surface area contributed by atoms with Crippen LogP contribution in [-0.2, 0) is 6.42 Å². The summed E-state index contributed by atoms with van der Waals surface area (Å²) in [4.78, 5) is 4.77. The fourth-order valence-electron chi connectivity index (χ4n) is 2.65. The predicted molar refractivity (Wildman–Crippen MR) is 76.1 cm³/mol. The fraction of sp³-hybridized carbons (Fsp3) is 0.500. The molecule has 18 heavy (non-hydrogen) atoms. The van der Waals surface area contributed by atoms with E-state index in [9.17, 15) is 0 Å². The van der Waals surface area contributed by atoms with Crippen molar-refractivity contribution >= 4 is 17.4 Å². The lowest BCUT2D eigenvalue weighted by atomic mass is 10.3. The van der Waals surface area contributed by atoms with Crippen LogP contribution in [0.5, 0.6) is 0 Å². The molecule has 0 aromatic carbocycles. The average molecular weight is 261 g/mol. The van der Waals surface area contributed by atoms with Gasteiger partial charge in [0.25, 0.3) is 0 Å². The average Bonchev–Trinajstić information content (AvgIpc) is 3.00. The lowest BCUT2D eigenvalue weighted by Crippen LogP contribution is -2.06. The van der Waals surface area contributed by atoms with Gasteiger partial charge in [-0.3, -0.25) is 0 Å². The molecule has 4 heteroatoms. The van der Waals surface area contributed by atoms with Crippen LogP contribution < -0.4 is 5.73 Å². The van der Waals surface area contributed by atoms with E-state index in [2.05, 4.69) is 22.7 Å². The Hall–Kier alpha value is -1.00. The van der Waals surface area contributed by atoms with E-state index in [1.165, 1.54) is 36.4 Å². The Morgan fingerprint density at radius 2 is 2.17 bits per heavy atom. The van der Waals surface area contributed by atoms with Crippen LogP contribution >= 0.6 is 11.8 Å². The molecular formula is C14H19N3S. The Labute approximate surface area is 112 Å². The molecule has 1 aliphatic rings. The van der Waals surface area contributed by atoms with Crippen LogP contribution in [0.25, 0.3) is 5.65 Å². The maximum atomic E-state index is 5.74. The summed E-state index contributed by atoms with van der Waals surface area (Å²) in [5, 5.41) is 1.95. The molecule has 1 saturated carbocycles. The largest absolute Gasteiger partial charge is 0.330 e. The van der Waals surface area contributed by atoms with Crippen molar-refractivity contribution in [3.8, 4) is 0 Å². The SMILES string of the molecule is NCCc1c(SC2CCCC2)nc2ccccn12. The minimum absolute atomic E-state index is 0.681. The molecule has 0 radical (unpaired) electrons. The van der Waals surface area contributed by atoms with Gasteiger partial charge in [0.1, 0.15) is 10.7 Å². The maximum absolute atomic E-state index is 5.74. The van der Waals surface area contributed by atoms with Gasteiger partial charge in [0, 0.05) is 17.9 Å². The first-order valence-electron chi connectivity index (χ1n) is 6.71. The second kappa shape index (κ2) is 5.33. The minimum Gasteiger partial charge on any atom is -0.330 e. The topological polar surface area (TPSA) is 43.3 Å². The Morgan fingerprint density at radius 3 is 2.94 bits per heavy atom. The zero-order valence-corrected chi connectivity index (χ0v) is 11.3. The van der Waals surface area contributed by atoms with Crippen LogP contribution in [0.15, 0.2) is 29.4 Å². The molecule has 2 N–H and O–H groups in total. The van der Waals surface area contributed by atoms with Crippen LogP contribution in [-0.4, -0.2) is 21.2 Å².